The number of aryl methyl sites for hydroxylation is 1. The molecule has 142 valence electrons. The summed E-state index contributed by atoms with van der Waals surface area (Å²) in [5.41, 5.74) is 1.80. The van der Waals surface area contributed by atoms with Crippen LogP contribution in [0.15, 0.2) is 24.3 Å². The Labute approximate surface area is 171 Å². The number of hydrogen-bond acceptors (Lipinski definition) is 4. The first-order valence-electron chi connectivity index (χ1n) is 8.80. The lowest BCUT2D eigenvalue weighted by Crippen LogP contribution is -2.37. The van der Waals surface area contributed by atoms with E-state index in [9.17, 15) is 9.90 Å². The quantitative estimate of drug-likeness (QED) is 0.677. The third kappa shape index (κ3) is 3.47. The van der Waals surface area contributed by atoms with Crippen LogP contribution in [0.5, 0.6) is 0 Å². The Hall–Kier alpha value is -1.60. The van der Waals surface area contributed by atoms with Crippen LogP contribution in [0.1, 0.15) is 33.8 Å². The van der Waals surface area contributed by atoms with Gasteiger partial charge in [0.25, 0.3) is 5.91 Å². The third-order valence-electron chi connectivity index (χ3n) is 5.00. The highest BCUT2D eigenvalue weighted by atomic mass is 35.5. The zero-order valence-electron chi connectivity index (χ0n) is 14.8. The second-order valence-electron chi connectivity index (χ2n) is 6.79. The molecule has 8 heteroatoms. The van der Waals surface area contributed by atoms with Gasteiger partial charge in [-0.05, 0) is 43.5 Å². The fourth-order valence-corrected chi connectivity index (χ4v) is 5.16. The first-order valence-corrected chi connectivity index (χ1v) is 10.4. The van der Waals surface area contributed by atoms with Gasteiger partial charge in [-0.2, -0.15) is 5.10 Å². The number of aliphatic hydroxyl groups excluding tert-OH is 1. The first-order chi connectivity index (χ1) is 13.0. The molecule has 0 aliphatic carbocycles. The molecule has 1 aliphatic rings. The fourth-order valence-electron chi connectivity index (χ4n) is 3.57. The summed E-state index contributed by atoms with van der Waals surface area (Å²) in [4.78, 5) is 16.3. The van der Waals surface area contributed by atoms with Gasteiger partial charge in [-0.25, -0.2) is 0 Å². The van der Waals surface area contributed by atoms with E-state index in [4.69, 9.17) is 23.2 Å². The van der Waals surface area contributed by atoms with Gasteiger partial charge in [0.15, 0.2) is 0 Å². The van der Waals surface area contributed by atoms with Gasteiger partial charge in [-0.15, -0.1) is 11.3 Å². The Bertz CT molecular complexity index is 1010. The Morgan fingerprint density at radius 3 is 2.93 bits per heavy atom. The van der Waals surface area contributed by atoms with Crippen LogP contribution in [0.2, 0.25) is 10.0 Å². The highest BCUT2D eigenvalue weighted by molar-refractivity contribution is 7.20. The Morgan fingerprint density at radius 1 is 1.37 bits per heavy atom. The molecule has 2 aromatic heterocycles. The second-order valence-corrected chi connectivity index (χ2v) is 8.66. The van der Waals surface area contributed by atoms with Crippen molar-refractivity contribution in [3.8, 4) is 0 Å². The van der Waals surface area contributed by atoms with Crippen molar-refractivity contribution in [2.24, 2.45) is 0 Å². The SMILES string of the molecule is Cc1nn(Cc2ccc(Cl)cc2Cl)c2sc(C(=O)N3CCC[C@@H]3CO)cc12. The molecule has 4 rings (SSSR count). The topological polar surface area (TPSA) is 58.4 Å². The molecule has 1 fully saturated rings. The molecule has 1 aliphatic heterocycles. The molecule has 1 N–H and O–H groups in total. The lowest BCUT2D eigenvalue weighted by Gasteiger charge is -2.22. The van der Waals surface area contributed by atoms with E-state index in [1.54, 1.807) is 11.0 Å². The Balaban J connectivity index is 1.67. The first kappa shape index (κ1) is 18.7. The smallest absolute Gasteiger partial charge is 0.264 e. The molecule has 1 amide bonds. The summed E-state index contributed by atoms with van der Waals surface area (Å²) in [6.07, 6.45) is 1.79. The van der Waals surface area contributed by atoms with Gasteiger partial charge in [0, 0.05) is 22.0 Å². The van der Waals surface area contributed by atoms with E-state index in [1.807, 2.05) is 29.8 Å². The lowest BCUT2D eigenvalue weighted by molar-refractivity contribution is 0.0682. The minimum absolute atomic E-state index is 0.0109. The van der Waals surface area contributed by atoms with Crippen molar-refractivity contribution < 1.29 is 9.90 Å². The van der Waals surface area contributed by atoms with Gasteiger partial charge in [-0.3, -0.25) is 9.48 Å². The maximum Gasteiger partial charge on any atom is 0.264 e. The summed E-state index contributed by atoms with van der Waals surface area (Å²) in [7, 11) is 0. The molecule has 27 heavy (non-hydrogen) atoms. The largest absolute Gasteiger partial charge is 0.394 e. The number of likely N-dealkylation sites (tertiary alicyclic amines) is 1. The van der Waals surface area contributed by atoms with Crippen LogP contribution in [0.25, 0.3) is 10.2 Å². The van der Waals surface area contributed by atoms with Crippen molar-refractivity contribution in [2.45, 2.75) is 32.4 Å². The number of amides is 1. The van der Waals surface area contributed by atoms with Crippen molar-refractivity contribution in [3.63, 3.8) is 0 Å². The molecule has 0 spiro atoms. The number of rotatable bonds is 4. The molecule has 1 aromatic carbocycles. The lowest BCUT2D eigenvalue weighted by atomic mass is 10.2. The maximum atomic E-state index is 12.9. The second kappa shape index (κ2) is 7.43. The number of thiophene rings is 1. The average molecular weight is 424 g/mol. The number of nitrogens with zero attached hydrogens (tertiary/aromatic N) is 3. The number of aromatic nitrogens is 2. The van der Waals surface area contributed by atoms with Crippen LogP contribution in [0.3, 0.4) is 0 Å². The minimum atomic E-state index is -0.0758. The minimum Gasteiger partial charge on any atom is -0.394 e. The summed E-state index contributed by atoms with van der Waals surface area (Å²) >= 11 is 13.7. The molecule has 3 heterocycles. The number of halogens is 2. The van der Waals surface area contributed by atoms with Crippen molar-refractivity contribution in [3.05, 3.63) is 50.4 Å². The summed E-state index contributed by atoms with van der Waals surface area (Å²) in [5.74, 6) is -0.0109. The Kier molecular flexibility index (Phi) is 5.16. The van der Waals surface area contributed by atoms with E-state index in [2.05, 4.69) is 5.10 Å². The van der Waals surface area contributed by atoms with E-state index >= 15 is 0 Å². The van der Waals surface area contributed by atoms with E-state index in [0.29, 0.717) is 28.0 Å². The van der Waals surface area contributed by atoms with Crippen LogP contribution >= 0.6 is 34.5 Å². The van der Waals surface area contributed by atoms with Crippen molar-refractivity contribution in [1.29, 1.82) is 0 Å². The zero-order valence-corrected chi connectivity index (χ0v) is 17.1. The highest BCUT2D eigenvalue weighted by Crippen LogP contribution is 2.32. The monoisotopic (exact) mass is 423 g/mol. The predicted octanol–water partition coefficient (Wildman–Crippen LogP) is 4.36. The molecule has 1 atom stereocenters. The predicted molar refractivity (Wildman–Crippen MR) is 109 cm³/mol. The molecule has 0 unspecified atom stereocenters. The third-order valence-corrected chi connectivity index (χ3v) is 6.73. The maximum absolute atomic E-state index is 12.9. The van der Waals surface area contributed by atoms with Crippen LogP contribution in [0.4, 0.5) is 0 Å². The van der Waals surface area contributed by atoms with Gasteiger partial charge >= 0.3 is 0 Å². The number of fused-ring (bicyclic) bond motifs is 1. The van der Waals surface area contributed by atoms with E-state index in [1.165, 1.54) is 11.3 Å². The number of carbonyl (C=O) groups is 1. The van der Waals surface area contributed by atoms with Gasteiger partial charge in [0.2, 0.25) is 0 Å². The number of aliphatic hydroxyl groups is 1. The normalized spacial score (nSPS) is 17.2. The van der Waals surface area contributed by atoms with Gasteiger partial charge in [0.1, 0.15) is 4.83 Å². The molecule has 0 radical (unpaired) electrons. The van der Waals surface area contributed by atoms with Crippen molar-refractivity contribution >= 4 is 50.7 Å². The highest BCUT2D eigenvalue weighted by Gasteiger charge is 2.30. The van der Waals surface area contributed by atoms with E-state index < -0.39 is 0 Å². The fraction of sp³-hybridized carbons (Fsp3) is 0.368. The standard InChI is InChI=1S/C19H19Cl2N3O2S/c1-11-15-8-17(18(26)23-6-2-3-14(23)10-25)27-19(15)24(22-11)9-12-4-5-13(20)7-16(12)21/h4-5,7-8,14,25H,2-3,6,9-10H2,1H3/t14-/m1/s1. The number of benzene rings is 1. The summed E-state index contributed by atoms with van der Waals surface area (Å²) in [6, 6.07) is 7.26. The van der Waals surface area contributed by atoms with E-state index in [0.717, 1.165) is 34.3 Å². The van der Waals surface area contributed by atoms with Crippen molar-refractivity contribution in [2.75, 3.05) is 13.2 Å². The summed E-state index contributed by atoms with van der Waals surface area (Å²) < 4.78 is 1.88. The zero-order chi connectivity index (χ0) is 19.1. The molecule has 5 nitrogen and oxygen atoms in total. The van der Waals surface area contributed by atoms with Crippen LogP contribution < -0.4 is 0 Å². The van der Waals surface area contributed by atoms with Gasteiger partial charge in [-0.1, -0.05) is 29.3 Å². The van der Waals surface area contributed by atoms with Gasteiger partial charge < -0.3 is 10.0 Å². The molecule has 0 saturated carbocycles. The molecular formula is C19H19Cl2N3O2S. The summed E-state index contributed by atoms with van der Waals surface area (Å²) in [5, 5.41) is 16.3. The van der Waals surface area contributed by atoms with Gasteiger partial charge in [0.05, 0.1) is 29.8 Å². The van der Waals surface area contributed by atoms with E-state index in [-0.39, 0.29) is 18.6 Å². The van der Waals surface area contributed by atoms with Crippen LogP contribution in [-0.2, 0) is 6.54 Å². The Morgan fingerprint density at radius 2 is 2.19 bits per heavy atom. The average Bonchev–Trinajstić information content (AvgIpc) is 3.34. The van der Waals surface area contributed by atoms with Crippen LogP contribution in [-0.4, -0.2) is 44.9 Å². The number of carbonyl (C=O) groups excluding carboxylic acids is 1. The molecular weight excluding hydrogens is 405 g/mol. The molecule has 3 aromatic rings. The van der Waals surface area contributed by atoms with Crippen LogP contribution in [0, 0.1) is 6.92 Å². The molecule has 0 bridgehead atoms. The number of hydrogen-bond donors (Lipinski definition) is 1. The molecule has 1 saturated heterocycles. The summed E-state index contributed by atoms with van der Waals surface area (Å²) in [6.45, 7) is 3.16. The van der Waals surface area contributed by atoms with Crippen molar-refractivity contribution in [1.82, 2.24) is 14.7 Å².